The molecule has 0 bridgehead atoms. The fraction of sp³-hybridized carbons (Fsp3) is 0.947. The van der Waals surface area contributed by atoms with Crippen molar-refractivity contribution in [2.75, 3.05) is 20.2 Å². The third-order valence-electron chi connectivity index (χ3n) is 4.15. The monoisotopic (exact) mass is 315 g/mol. The van der Waals surface area contributed by atoms with Crippen LogP contribution in [0.2, 0.25) is 0 Å². The molecule has 22 heavy (non-hydrogen) atoms. The Morgan fingerprint density at radius 2 is 1.59 bits per heavy atom. The zero-order chi connectivity index (χ0) is 18.0. The van der Waals surface area contributed by atoms with E-state index in [2.05, 4.69) is 34.6 Å². The van der Waals surface area contributed by atoms with Gasteiger partial charge in [0.05, 0.1) is 5.60 Å². The average molecular weight is 316 g/mol. The Morgan fingerprint density at radius 1 is 1.09 bits per heavy atom. The summed E-state index contributed by atoms with van der Waals surface area (Å²) in [7, 11) is 1.87. The summed E-state index contributed by atoms with van der Waals surface area (Å²) in [4.78, 5) is 13.6. The minimum Gasteiger partial charge on any atom is -0.375 e. The van der Waals surface area contributed by atoms with Gasteiger partial charge in [0.25, 0.3) is 0 Å². The van der Waals surface area contributed by atoms with Gasteiger partial charge in [0.15, 0.2) is 0 Å². The van der Waals surface area contributed by atoms with Gasteiger partial charge in [0, 0.05) is 26.1 Å². The SMILES string of the molecule is CC.CCC(C)(C)CCOC(C)(C)CCN(C)C(=O)C(C)C. The predicted octanol–water partition coefficient (Wildman–Crippen LogP) is 5.14. The van der Waals surface area contributed by atoms with E-state index in [-0.39, 0.29) is 17.4 Å². The van der Waals surface area contributed by atoms with Crippen LogP contribution < -0.4 is 0 Å². The molecule has 0 spiro atoms. The lowest BCUT2D eigenvalue weighted by atomic mass is 9.87. The number of nitrogens with zero attached hydrogens (tertiary/aromatic N) is 1. The molecule has 134 valence electrons. The molecule has 0 unspecified atom stereocenters. The molecule has 0 heterocycles. The molecule has 0 aliphatic rings. The van der Waals surface area contributed by atoms with E-state index in [1.54, 1.807) is 0 Å². The average Bonchev–Trinajstić information content (AvgIpc) is 2.45. The summed E-state index contributed by atoms with van der Waals surface area (Å²) in [6.07, 6.45) is 3.12. The van der Waals surface area contributed by atoms with Crippen molar-refractivity contribution in [2.24, 2.45) is 11.3 Å². The van der Waals surface area contributed by atoms with Crippen LogP contribution in [0.4, 0.5) is 0 Å². The van der Waals surface area contributed by atoms with Gasteiger partial charge in [-0.25, -0.2) is 0 Å². The summed E-state index contributed by atoms with van der Waals surface area (Å²) in [5, 5.41) is 0. The molecule has 1 amide bonds. The lowest BCUT2D eigenvalue weighted by molar-refractivity contribution is -0.134. The second-order valence-corrected chi connectivity index (χ2v) is 7.54. The summed E-state index contributed by atoms with van der Waals surface area (Å²) in [5.41, 5.74) is 0.176. The molecule has 0 radical (unpaired) electrons. The number of hydrogen-bond acceptors (Lipinski definition) is 2. The highest BCUT2D eigenvalue weighted by atomic mass is 16.5. The second-order valence-electron chi connectivity index (χ2n) is 7.54. The van der Waals surface area contributed by atoms with E-state index < -0.39 is 0 Å². The van der Waals surface area contributed by atoms with Gasteiger partial charge in [-0.3, -0.25) is 4.79 Å². The number of carbonyl (C=O) groups is 1. The van der Waals surface area contributed by atoms with E-state index in [0.717, 1.165) is 26.0 Å². The Labute approximate surface area is 139 Å². The minimum atomic E-state index is -0.171. The van der Waals surface area contributed by atoms with Crippen LogP contribution in [0.3, 0.4) is 0 Å². The maximum Gasteiger partial charge on any atom is 0.224 e. The van der Waals surface area contributed by atoms with E-state index in [1.807, 2.05) is 39.6 Å². The number of amides is 1. The minimum absolute atomic E-state index is 0.0642. The molecular weight excluding hydrogens is 274 g/mol. The summed E-state index contributed by atoms with van der Waals surface area (Å²) < 4.78 is 6.02. The molecule has 0 atom stereocenters. The third-order valence-corrected chi connectivity index (χ3v) is 4.15. The molecule has 0 rings (SSSR count). The number of rotatable bonds is 9. The largest absolute Gasteiger partial charge is 0.375 e. The smallest absolute Gasteiger partial charge is 0.224 e. The molecule has 0 aliphatic carbocycles. The third kappa shape index (κ3) is 11.1. The standard InChI is InChI=1S/C17H35NO2.C2H6/c1-9-16(4,5)11-13-20-17(6,7)10-12-18(8)15(19)14(2)3;1-2/h14H,9-13H2,1-8H3;1-2H3. The summed E-state index contributed by atoms with van der Waals surface area (Å²) in [6, 6.07) is 0. The normalized spacial score (nSPS) is 12.0. The Hall–Kier alpha value is -0.570. The predicted molar refractivity (Wildman–Crippen MR) is 97.2 cm³/mol. The van der Waals surface area contributed by atoms with Gasteiger partial charge in [0.2, 0.25) is 5.91 Å². The summed E-state index contributed by atoms with van der Waals surface area (Å²) >= 11 is 0. The van der Waals surface area contributed by atoms with Crippen molar-refractivity contribution in [1.82, 2.24) is 4.90 Å². The van der Waals surface area contributed by atoms with Gasteiger partial charge in [-0.1, -0.05) is 54.9 Å². The number of hydrogen-bond donors (Lipinski definition) is 0. The highest BCUT2D eigenvalue weighted by Gasteiger charge is 2.23. The maximum atomic E-state index is 11.8. The molecule has 0 aromatic rings. The van der Waals surface area contributed by atoms with E-state index >= 15 is 0 Å². The summed E-state index contributed by atoms with van der Waals surface area (Å²) in [5.74, 6) is 0.266. The van der Waals surface area contributed by atoms with Crippen LogP contribution in [0.15, 0.2) is 0 Å². The van der Waals surface area contributed by atoms with Crippen LogP contribution in [0.1, 0.15) is 81.6 Å². The van der Waals surface area contributed by atoms with E-state index in [9.17, 15) is 4.79 Å². The molecule has 0 fully saturated rings. The van der Waals surface area contributed by atoms with E-state index in [0.29, 0.717) is 5.41 Å². The van der Waals surface area contributed by atoms with Crippen LogP contribution in [0, 0.1) is 11.3 Å². The van der Waals surface area contributed by atoms with Crippen LogP contribution in [-0.2, 0) is 9.53 Å². The van der Waals surface area contributed by atoms with Gasteiger partial charge in [-0.15, -0.1) is 0 Å². The molecular formula is C19H41NO2. The van der Waals surface area contributed by atoms with E-state index in [4.69, 9.17) is 4.74 Å². The molecule has 0 N–H and O–H groups in total. The first-order chi connectivity index (χ1) is 10.0. The van der Waals surface area contributed by atoms with Crippen molar-refractivity contribution in [3.63, 3.8) is 0 Å². The van der Waals surface area contributed by atoms with Gasteiger partial charge in [-0.2, -0.15) is 0 Å². The lowest BCUT2D eigenvalue weighted by Crippen LogP contribution is -2.36. The van der Waals surface area contributed by atoms with Crippen molar-refractivity contribution in [3.05, 3.63) is 0 Å². The van der Waals surface area contributed by atoms with Gasteiger partial charge in [-0.05, 0) is 32.1 Å². The summed E-state index contributed by atoms with van der Waals surface area (Å²) in [6.45, 7) is 20.4. The second kappa shape index (κ2) is 11.0. The first kappa shape index (κ1) is 23.7. The van der Waals surface area contributed by atoms with Crippen LogP contribution in [0.25, 0.3) is 0 Å². The molecule has 3 nitrogen and oxygen atoms in total. The zero-order valence-corrected chi connectivity index (χ0v) is 16.9. The van der Waals surface area contributed by atoms with Crippen molar-refractivity contribution in [2.45, 2.75) is 87.2 Å². The van der Waals surface area contributed by atoms with Crippen LogP contribution in [0.5, 0.6) is 0 Å². The van der Waals surface area contributed by atoms with E-state index in [1.165, 1.54) is 6.42 Å². The van der Waals surface area contributed by atoms with Gasteiger partial charge in [0.1, 0.15) is 0 Å². The van der Waals surface area contributed by atoms with Crippen LogP contribution in [-0.4, -0.2) is 36.6 Å². The molecule has 0 saturated heterocycles. The number of carbonyl (C=O) groups excluding carboxylic acids is 1. The quantitative estimate of drug-likeness (QED) is 0.589. The van der Waals surface area contributed by atoms with Gasteiger partial charge < -0.3 is 9.64 Å². The fourth-order valence-corrected chi connectivity index (χ4v) is 1.84. The Morgan fingerprint density at radius 3 is 2.00 bits per heavy atom. The highest BCUT2D eigenvalue weighted by molar-refractivity contribution is 5.77. The maximum absolute atomic E-state index is 11.8. The van der Waals surface area contributed by atoms with Gasteiger partial charge >= 0.3 is 0 Å². The van der Waals surface area contributed by atoms with Crippen molar-refractivity contribution in [3.8, 4) is 0 Å². The molecule has 0 saturated carbocycles. The first-order valence-corrected chi connectivity index (χ1v) is 8.90. The lowest BCUT2D eigenvalue weighted by Gasteiger charge is -2.30. The zero-order valence-electron chi connectivity index (χ0n) is 16.9. The molecule has 3 heteroatoms. The highest BCUT2D eigenvalue weighted by Crippen LogP contribution is 2.26. The van der Waals surface area contributed by atoms with Crippen LogP contribution >= 0.6 is 0 Å². The van der Waals surface area contributed by atoms with Crippen molar-refractivity contribution < 1.29 is 9.53 Å². The Balaban J connectivity index is 0. The Kier molecular flexibility index (Phi) is 11.9. The topological polar surface area (TPSA) is 29.5 Å². The first-order valence-electron chi connectivity index (χ1n) is 8.90. The molecule has 0 aliphatic heterocycles. The fourth-order valence-electron chi connectivity index (χ4n) is 1.84. The van der Waals surface area contributed by atoms with Crippen molar-refractivity contribution in [1.29, 1.82) is 0 Å². The molecule has 0 aromatic heterocycles. The molecule has 0 aromatic carbocycles. The number of ether oxygens (including phenoxy) is 1. The Bertz CT molecular complexity index is 296. The van der Waals surface area contributed by atoms with Crippen molar-refractivity contribution >= 4 is 5.91 Å².